The predicted octanol–water partition coefficient (Wildman–Crippen LogP) is 0.527. The molecule has 1 aliphatic heterocycles. The van der Waals surface area contributed by atoms with Crippen molar-refractivity contribution in [3.05, 3.63) is 0 Å². The van der Waals surface area contributed by atoms with Gasteiger partial charge in [-0.1, -0.05) is 0 Å². The molecule has 1 aliphatic rings. The normalized spacial score (nSPS) is 22.7. The van der Waals surface area contributed by atoms with Crippen LogP contribution in [-0.2, 0) is 9.53 Å². The second-order valence-electron chi connectivity index (χ2n) is 4.32. The topological polar surface area (TPSA) is 50.4 Å². The molecule has 2 atom stereocenters. The Morgan fingerprint density at radius 3 is 3.07 bits per heavy atom. The fraction of sp³-hybridized carbons (Fsp3) is 0.909. The molecule has 2 unspecified atom stereocenters. The van der Waals surface area contributed by atoms with Crippen LogP contribution in [0.4, 0.5) is 0 Å². The van der Waals surface area contributed by atoms with E-state index >= 15 is 0 Å². The molecule has 88 valence electrons. The van der Waals surface area contributed by atoms with Crippen molar-refractivity contribution < 1.29 is 9.53 Å². The average Bonchev–Trinajstić information content (AvgIpc) is 2.67. The Bertz CT molecular complexity index is 191. The zero-order chi connectivity index (χ0) is 11.1. The van der Waals surface area contributed by atoms with E-state index in [0.29, 0.717) is 18.9 Å². The zero-order valence-electron chi connectivity index (χ0n) is 9.71. The molecule has 0 aromatic rings. The number of hydrogen-bond donors (Lipinski definition) is 2. The molecule has 0 saturated carbocycles. The summed E-state index contributed by atoms with van der Waals surface area (Å²) in [5.41, 5.74) is 0. The highest BCUT2D eigenvalue weighted by atomic mass is 16.5. The summed E-state index contributed by atoms with van der Waals surface area (Å²) < 4.78 is 4.96. The standard InChI is InChI=1S/C11H22N2O2/c1-9(8-15-2)13-11(14)4-3-10-5-6-12-7-10/h9-10,12H,3-8H2,1-2H3,(H,13,14). The third-order valence-corrected chi connectivity index (χ3v) is 2.77. The van der Waals surface area contributed by atoms with Gasteiger partial charge in [-0.15, -0.1) is 0 Å². The first-order valence-electron chi connectivity index (χ1n) is 5.71. The molecule has 1 amide bonds. The Labute approximate surface area is 91.8 Å². The number of hydrogen-bond acceptors (Lipinski definition) is 3. The van der Waals surface area contributed by atoms with Gasteiger partial charge in [-0.3, -0.25) is 4.79 Å². The second kappa shape index (κ2) is 6.80. The second-order valence-corrected chi connectivity index (χ2v) is 4.32. The van der Waals surface area contributed by atoms with Crippen molar-refractivity contribution in [2.45, 2.75) is 32.2 Å². The summed E-state index contributed by atoms with van der Waals surface area (Å²) in [7, 11) is 1.65. The number of methoxy groups -OCH3 is 1. The minimum Gasteiger partial charge on any atom is -0.383 e. The van der Waals surface area contributed by atoms with Gasteiger partial charge in [-0.25, -0.2) is 0 Å². The third kappa shape index (κ3) is 5.14. The number of ether oxygens (including phenoxy) is 1. The van der Waals surface area contributed by atoms with Crippen LogP contribution in [0, 0.1) is 5.92 Å². The van der Waals surface area contributed by atoms with E-state index in [0.717, 1.165) is 19.5 Å². The molecule has 0 aromatic heterocycles. The van der Waals surface area contributed by atoms with Crippen molar-refractivity contribution in [2.24, 2.45) is 5.92 Å². The van der Waals surface area contributed by atoms with Crippen LogP contribution in [0.1, 0.15) is 26.2 Å². The molecule has 0 bridgehead atoms. The summed E-state index contributed by atoms with van der Waals surface area (Å²) in [6.45, 7) is 4.71. The van der Waals surface area contributed by atoms with Gasteiger partial charge in [0.1, 0.15) is 0 Å². The first-order valence-corrected chi connectivity index (χ1v) is 5.71. The largest absolute Gasteiger partial charge is 0.383 e. The lowest BCUT2D eigenvalue weighted by Crippen LogP contribution is -2.35. The van der Waals surface area contributed by atoms with E-state index in [-0.39, 0.29) is 11.9 Å². The maximum absolute atomic E-state index is 11.5. The molecule has 4 nitrogen and oxygen atoms in total. The molecule has 4 heteroatoms. The molecule has 0 aliphatic carbocycles. The quantitative estimate of drug-likeness (QED) is 0.678. The summed E-state index contributed by atoms with van der Waals surface area (Å²) in [4.78, 5) is 11.5. The highest BCUT2D eigenvalue weighted by molar-refractivity contribution is 5.76. The third-order valence-electron chi connectivity index (χ3n) is 2.77. The van der Waals surface area contributed by atoms with Crippen LogP contribution in [0.15, 0.2) is 0 Å². The van der Waals surface area contributed by atoms with E-state index in [1.54, 1.807) is 7.11 Å². The number of rotatable bonds is 6. The van der Waals surface area contributed by atoms with Crippen molar-refractivity contribution in [3.63, 3.8) is 0 Å². The lowest BCUT2D eigenvalue weighted by molar-refractivity contribution is -0.122. The van der Waals surface area contributed by atoms with Crippen molar-refractivity contribution in [1.82, 2.24) is 10.6 Å². The molecular formula is C11H22N2O2. The van der Waals surface area contributed by atoms with Crippen molar-refractivity contribution in [1.29, 1.82) is 0 Å². The van der Waals surface area contributed by atoms with Gasteiger partial charge < -0.3 is 15.4 Å². The lowest BCUT2D eigenvalue weighted by atomic mass is 10.0. The Hall–Kier alpha value is -0.610. The van der Waals surface area contributed by atoms with E-state index in [4.69, 9.17) is 4.74 Å². The molecule has 0 aromatic carbocycles. The Balaban J connectivity index is 2.07. The van der Waals surface area contributed by atoms with Crippen LogP contribution in [0.3, 0.4) is 0 Å². The molecule has 0 spiro atoms. The first kappa shape index (κ1) is 12.5. The minimum absolute atomic E-state index is 0.115. The maximum atomic E-state index is 11.5. The average molecular weight is 214 g/mol. The monoisotopic (exact) mass is 214 g/mol. The van der Waals surface area contributed by atoms with Gasteiger partial charge in [0.2, 0.25) is 5.91 Å². The number of carbonyl (C=O) groups is 1. The molecule has 0 radical (unpaired) electrons. The SMILES string of the molecule is COCC(C)NC(=O)CCC1CCNC1. The smallest absolute Gasteiger partial charge is 0.220 e. The van der Waals surface area contributed by atoms with Gasteiger partial charge in [0.05, 0.1) is 6.61 Å². The van der Waals surface area contributed by atoms with Crippen LogP contribution in [-0.4, -0.2) is 38.8 Å². The fourth-order valence-electron chi connectivity index (χ4n) is 1.93. The van der Waals surface area contributed by atoms with Gasteiger partial charge in [-0.2, -0.15) is 0 Å². The Kier molecular flexibility index (Phi) is 5.65. The number of nitrogens with one attached hydrogen (secondary N) is 2. The van der Waals surface area contributed by atoms with Gasteiger partial charge in [0, 0.05) is 19.6 Å². The summed E-state index contributed by atoms with van der Waals surface area (Å²) in [6.07, 6.45) is 2.85. The van der Waals surface area contributed by atoms with Crippen molar-refractivity contribution in [3.8, 4) is 0 Å². The first-order chi connectivity index (χ1) is 7.22. The van der Waals surface area contributed by atoms with Gasteiger partial charge >= 0.3 is 0 Å². The molecule has 1 rings (SSSR count). The van der Waals surface area contributed by atoms with Gasteiger partial charge in [-0.05, 0) is 38.8 Å². The Morgan fingerprint density at radius 1 is 1.67 bits per heavy atom. The number of amides is 1. The van der Waals surface area contributed by atoms with E-state index in [2.05, 4.69) is 10.6 Å². The summed E-state index contributed by atoms with van der Waals surface area (Å²) in [6, 6.07) is 0.115. The van der Waals surface area contributed by atoms with E-state index in [9.17, 15) is 4.79 Å². The highest BCUT2D eigenvalue weighted by Crippen LogP contribution is 2.13. The summed E-state index contributed by atoms with van der Waals surface area (Å²) >= 11 is 0. The predicted molar refractivity (Wildman–Crippen MR) is 59.7 cm³/mol. The maximum Gasteiger partial charge on any atom is 0.220 e. The summed E-state index contributed by atoms with van der Waals surface area (Å²) in [5, 5.41) is 6.23. The molecule has 1 saturated heterocycles. The van der Waals surface area contributed by atoms with E-state index in [1.165, 1.54) is 6.42 Å². The van der Waals surface area contributed by atoms with Gasteiger partial charge in [0.25, 0.3) is 0 Å². The van der Waals surface area contributed by atoms with Gasteiger partial charge in [0.15, 0.2) is 0 Å². The molecule has 2 N–H and O–H groups in total. The van der Waals surface area contributed by atoms with E-state index in [1.807, 2.05) is 6.92 Å². The molecule has 15 heavy (non-hydrogen) atoms. The summed E-state index contributed by atoms with van der Waals surface area (Å²) in [5.74, 6) is 0.833. The minimum atomic E-state index is 0.115. The van der Waals surface area contributed by atoms with Crippen molar-refractivity contribution >= 4 is 5.91 Å². The fourth-order valence-corrected chi connectivity index (χ4v) is 1.93. The Morgan fingerprint density at radius 2 is 2.47 bits per heavy atom. The van der Waals surface area contributed by atoms with Crippen molar-refractivity contribution in [2.75, 3.05) is 26.8 Å². The van der Waals surface area contributed by atoms with E-state index < -0.39 is 0 Å². The molecule has 1 fully saturated rings. The zero-order valence-corrected chi connectivity index (χ0v) is 9.71. The van der Waals surface area contributed by atoms with Crippen LogP contribution in [0.2, 0.25) is 0 Å². The lowest BCUT2D eigenvalue weighted by Gasteiger charge is -2.13. The number of carbonyl (C=O) groups excluding carboxylic acids is 1. The molecular weight excluding hydrogens is 192 g/mol. The van der Waals surface area contributed by atoms with Crippen LogP contribution >= 0.6 is 0 Å². The van der Waals surface area contributed by atoms with Crippen LogP contribution in [0.25, 0.3) is 0 Å². The van der Waals surface area contributed by atoms with Crippen LogP contribution < -0.4 is 10.6 Å². The highest BCUT2D eigenvalue weighted by Gasteiger charge is 2.16. The molecule has 1 heterocycles. The van der Waals surface area contributed by atoms with Crippen LogP contribution in [0.5, 0.6) is 0 Å².